The molecule has 1 amide bonds. The molecule has 1 aliphatic carbocycles. The maximum Gasteiger partial charge on any atom is 0.356 e. The van der Waals surface area contributed by atoms with Crippen molar-refractivity contribution >= 4 is 34.3 Å². The average molecular weight is 493 g/mol. The molecule has 1 aromatic carbocycles. The highest BCUT2D eigenvalue weighted by molar-refractivity contribution is 6.11. The lowest BCUT2D eigenvalue weighted by molar-refractivity contribution is -0.115. The largest absolute Gasteiger partial charge is 0.464 e. The topological polar surface area (TPSA) is 94.5 Å². The molecule has 0 spiro atoms. The van der Waals surface area contributed by atoms with Crippen molar-refractivity contribution in [3.63, 3.8) is 0 Å². The number of esters is 1. The SMILES string of the molecule is COCCn1c(C(=O)OC)c(NC(=O)Cc2ccccc2)c2cc(NC(C)C3CCCCC3)cnc21. The molecule has 0 saturated heterocycles. The number of rotatable bonds is 10. The molecular weight excluding hydrogens is 456 g/mol. The smallest absolute Gasteiger partial charge is 0.356 e. The van der Waals surface area contributed by atoms with Crippen molar-refractivity contribution in [3.05, 3.63) is 53.9 Å². The van der Waals surface area contributed by atoms with Crippen molar-refractivity contribution < 1.29 is 19.1 Å². The van der Waals surface area contributed by atoms with E-state index in [1.165, 1.54) is 39.2 Å². The van der Waals surface area contributed by atoms with Gasteiger partial charge >= 0.3 is 5.97 Å². The van der Waals surface area contributed by atoms with Gasteiger partial charge in [0.1, 0.15) is 5.65 Å². The molecule has 1 atom stereocenters. The molecule has 36 heavy (non-hydrogen) atoms. The predicted octanol–water partition coefficient (Wildman–Crippen LogP) is 5.03. The van der Waals surface area contributed by atoms with Crippen LogP contribution in [-0.2, 0) is 27.2 Å². The Morgan fingerprint density at radius 3 is 2.58 bits per heavy atom. The fraction of sp³-hybridized carbons (Fsp3) is 0.464. The molecule has 192 valence electrons. The van der Waals surface area contributed by atoms with Crippen molar-refractivity contribution in [1.82, 2.24) is 9.55 Å². The summed E-state index contributed by atoms with van der Waals surface area (Å²) in [7, 11) is 2.94. The van der Waals surface area contributed by atoms with Gasteiger partial charge in [-0.25, -0.2) is 9.78 Å². The minimum absolute atomic E-state index is 0.191. The van der Waals surface area contributed by atoms with Crippen LogP contribution in [0.15, 0.2) is 42.6 Å². The minimum atomic E-state index is -0.538. The molecule has 3 aromatic rings. The van der Waals surface area contributed by atoms with E-state index in [9.17, 15) is 9.59 Å². The van der Waals surface area contributed by atoms with E-state index in [-0.39, 0.29) is 18.0 Å². The Morgan fingerprint density at radius 1 is 1.14 bits per heavy atom. The summed E-state index contributed by atoms with van der Waals surface area (Å²) in [4.78, 5) is 30.7. The van der Waals surface area contributed by atoms with Crippen LogP contribution < -0.4 is 10.6 Å². The third-order valence-corrected chi connectivity index (χ3v) is 7.02. The van der Waals surface area contributed by atoms with E-state index in [2.05, 4.69) is 17.6 Å². The predicted molar refractivity (Wildman–Crippen MR) is 141 cm³/mol. The first kappa shape index (κ1) is 25.7. The van der Waals surface area contributed by atoms with Gasteiger partial charge in [-0.3, -0.25) is 4.79 Å². The molecule has 1 aliphatic rings. The van der Waals surface area contributed by atoms with Crippen LogP contribution in [-0.4, -0.2) is 48.3 Å². The van der Waals surface area contributed by atoms with Gasteiger partial charge in [0.25, 0.3) is 0 Å². The fourth-order valence-electron chi connectivity index (χ4n) is 5.12. The highest BCUT2D eigenvalue weighted by Gasteiger charge is 2.27. The second-order valence-corrected chi connectivity index (χ2v) is 9.50. The summed E-state index contributed by atoms with van der Waals surface area (Å²) in [6, 6.07) is 11.8. The monoisotopic (exact) mass is 492 g/mol. The van der Waals surface area contributed by atoms with Crippen LogP contribution in [0.4, 0.5) is 11.4 Å². The summed E-state index contributed by atoms with van der Waals surface area (Å²) in [5.74, 6) is -0.133. The molecule has 0 bridgehead atoms. The maximum atomic E-state index is 13.0. The molecule has 2 aromatic heterocycles. The number of carbonyl (C=O) groups is 2. The first-order chi connectivity index (χ1) is 17.5. The van der Waals surface area contributed by atoms with Gasteiger partial charge in [0.05, 0.1) is 37.7 Å². The van der Waals surface area contributed by atoms with Gasteiger partial charge in [-0.15, -0.1) is 0 Å². The number of benzene rings is 1. The number of amides is 1. The van der Waals surface area contributed by atoms with Gasteiger partial charge in [-0.1, -0.05) is 49.6 Å². The van der Waals surface area contributed by atoms with E-state index < -0.39 is 5.97 Å². The lowest BCUT2D eigenvalue weighted by Gasteiger charge is -2.29. The van der Waals surface area contributed by atoms with Crippen LogP contribution in [0, 0.1) is 5.92 Å². The number of aromatic nitrogens is 2. The van der Waals surface area contributed by atoms with E-state index in [0.717, 1.165) is 11.3 Å². The van der Waals surface area contributed by atoms with Gasteiger partial charge in [0.15, 0.2) is 5.69 Å². The van der Waals surface area contributed by atoms with E-state index in [1.807, 2.05) is 36.4 Å². The summed E-state index contributed by atoms with van der Waals surface area (Å²) >= 11 is 0. The van der Waals surface area contributed by atoms with E-state index in [0.29, 0.717) is 41.8 Å². The van der Waals surface area contributed by atoms with Gasteiger partial charge in [-0.05, 0) is 37.3 Å². The number of nitrogens with zero attached hydrogens (tertiary/aromatic N) is 2. The van der Waals surface area contributed by atoms with E-state index in [4.69, 9.17) is 14.5 Å². The van der Waals surface area contributed by atoms with Crippen molar-refractivity contribution in [1.29, 1.82) is 0 Å². The Hall–Kier alpha value is -3.39. The molecule has 0 aliphatic heterocycles. The summed E-state index contributed by atoms with van der Waals surface area (Å²) in [6.45, 7) is 2.99. The molecule has 2 heterocycles. The second kappa shape index (κ2) is 12.0. The number of hydrogen-bond donors (Lipinski definition) is 2. The molecular formula is C28H36N4O4. The Kier molecular flexibility index (Phi) is 8.59. The third-order valence-electron chi connectivity index (χ3n) is 7.02. The Labute approximate surface area is 212 Å². The van der Waals surface area contributed by atoms with Gasteiger partial charge < -0.3 is 24.7 Å². The van der Waals surface area contributed by atoms with Crippen LogP contribution in [0.5, 0.6) is 0 Å². The molecule has 8 nitrogen and oxygen atoms in total. The number of carbonyl (C=O) groups excluding carboxylic acids is 2. The van der Waals surface area contributed by atoms with Crippen LogP contribution >= 0.6 is 0 Å². The van der Waals surface area contributed by atoms with Crippen LogP contribution in [0.3, 0.4) is 0 Å². The number of pyridine rings is 1. The molecule has 8 heteroatoms. The maximum absolute atomic E-state index is 13.0. The quantitative estimate of drug-likeness (QED) is 0.386. The number of fused-ring (bicyclic) bond motifs is 1. The minimum Gasteiger partial charge on any atom is -0.464 e. The number of hydrogen-bond acceptors (Lipinski definition) is 6. The summed E-state index contributed by atoms with van der Waals surface area (Å²) in [5.41, 5.74) is 3.02. The molecule has 1 unspecified atom stereocenters. The van der Waals surface area contributed by atoms with Crippen molar-refractivity contribution in [3.8, 4) is 0 Å². The second-order valence-electron chi connectivity index (χ2n) is 9.50. The summed E-state index contributed by atoms with van der Waals surface area (Å²) < 4.78 is 12.1. The van der Waals surface area contributed by atoms with Gasteiger partial charge in [-0.2, -0.15) is 0 Å². The molecule has 1 fully saturated rings. The standard InChI is InChI=1S/C28H36N4O4/c1-19(21-12-8-5-9-13-21)30-22-17-23-25(31-24(33)16-20-10-6-4-7-11-20)26(28(34)36-3)32(14-15-35-2)27(23)29-18-22/h4,6-7,10-11,17-19,21,30H,5,8-9,12-16H2,1-3H3,(H,31,33). The number of ether oxygens (including phenoxy) is 2. The van der Waals surface area contributed by atoms with Crippen LogP contribution in [0.1, 0.15) is 55.1 Å². The lowest BCUT2D eigenvalue weighted by Crippen LogP contribution is -2.27. The summed E-state index contributed by atoms with van der Waals surface area (Å²) in [6.07, 6.45) is 8.30. The van der Waals surface area contributed by atoms with Gasteiger partial charge in [0.2, 0.25) is 5.91 Å². The van der Waals surface area contributed by atoms with E-state index >= 15 is 0 Å². The molecule has 4 rings (SSSR count). The zero-order valence-electron chi connectivity index (χ0n) is 21.4. The van der Waals surface area contributed by atoms with Crippen molar-refractivity contribution in [2.75, 3.05) is 31.5 Å². The fourth-order valence-corrected chi connectivity index (χ4v) is 5.12. The third kappa shape index (κ3) is 5.87. The van der Waals surface area contributed by atoms with E-state index in [1.54, 1.807) is 17.9 Å². The molecule has 1 saturated carbocycles. The first-order valence-corrected chi connectivity index (χ1v) is 12.7. The number of anilines is 2. The van der Waals surface area contributed by atoms with Crippen LogP contribution in [0.2, 0.25) is 0 Å². The van der Waals surface area contributed by atoms with Crippen molar-refractivity contribution in [2.45, 2.75) is 58.0 Å². The highest BCUT2D eigenvalue weighted by Crippen LogP contribution is 2.34. The van der Waals surface area contributed by atoms with Gasteiger partial charge in [0, 0.05) is 25.1 Å². The number of nitrogens with one attached hydrogen (secondary N) is 2. The highest BCUT2D eigenvalue weighted by atomic mass is 16.5. The molecule has 0 radical (unpaired) electrons. The normalized spacial score (nSPS) is 15.0. The Bertz CT molecular complexity index is 1190. The number of methoxy groups -OCH3 is 2. The van der Waals surface area contributed by atoms with Crippen molar-refractivity contribution in [2.24, 2.45) is 5.92 Å². The average Bonchev–Trinajstić information content (AvgIpc) is 3.20. The zero-order valence-corrected chi connectivity index (χ0v) is 21.4. The molecule has 2 N–H and O–H groups in total. The Morgan fingerprint density at radius 2 is 1.89 bits per heavy atom. The van der Waals surface area contributed by atoms with Crippen LogP contribution in [0.25, 0.3) is 11.0 Å². The first-order valence-electron chi connectivity index (χ1n) is 12.7. The lowest BCUT2D eigenvalue weighted by atomic mass is 9.84. The Balaban J connectivity index is 1.71. The zero-order chi connectivity index (χ0) is 25.5. The summed E-state index contributed by atoms with van der Waals surface area (Å²) in [5, 5.41) is 7.29.